The van der Waals surface area contributed by atoms with Crippen molar-refractivity contribution < 1.29 is 21.7 Å². The molecular formula is C26H22N2O5S2. The number of rotatable bonds is 6. The third kappa shape index (κ3) is 6.28. The fraction of sp³-hybridized carbons (Fsp3) is 0.0385. The van der Waals surface area contributed by atoms with E-state index in [9.17, 15) is 16.8 Å². The summed E-state index contributed by atoms with van der Waals surface area (Å²) in [6.07, 6.45) is 0.846. The van der Waals surface area contributed by atoms with Gasteiger partial charge in [-0.1, -0.05) is 97.1 Å². The van der Waals surface area contributed by atoms with Gasteiger partial charge in [0.1, 0.15) is 0 Å². The van der Waals surface area contributed by atoms with Gasteiger partial charge in [0.25, 0.3) is 20.0 Å². The van der Waals surface area contributed by atoms with Crippen molar-refractivity contribution in [2.75, 3.05) is 0 Å². The summed E-state index contributed by atoms with van der Waals surface area (Å²) in [5.74, 6) is 0. The fourth-order valence-electron chi connectivity index (χ4n) is 3.07. The molecule has 1 fully saturated rings. The van der Waals surface area contributed by atoms with Gasteiger partial charge >= 0.3 is 0 Å². The Bertz CT molecular complexity index is 1480. The molecule has 7 nitrogen and oxygen atoms in total. The second kappa shape index (κ2) is 10.7. The van der Waals surface area contributed by atoms with Crippen LogP contribution in [0.3, 0.4) is 0 Å². The smallest absolute Gasteiger partial charge is 0.253 e. The third-order valence-electron chi connectivity index (χ3n) is 4.89. The summed E-state index contributed by atoms with van der Waals surface area (Å²) in [6.45, 7) is 0. The minimum atomic E-state index is -3.59. The van der Waals surface area contributed by atoms with Gasteiger partial charge in [-0.15, -0.1) is 0 Å². The van der Waals surface area contributed by atoms with Crippen molar-refractivity contribution in [3.05, 3.63) is 132 Å². The van der Waals surface area contributed by atoms with Crippen molar-refractivity contribution in [3.8, 4) is 0 Å². The molecule has 0 bridgehead atoms. The molecule has 4 aromatic rings. The van der Waals surface area contributed by atoms with Crippen molar-refractivity contribution in [2.24, 2.45) is 4.40 Å². The van der Waals surface area contributed by atoms with Crippen LogP contribution in [0.1, 0.15) is 17.4 Å². The standard InChI is InChI=1S/C13H11NO3S.C13H11NO2S/c15-18(16,12-9-5-2-6-10-12)14-13(17-14)11-7-3-1-4-8-11;15-17(16,13-9-5-2-6-10-13)14-11-12-7-3-1-4-8-12/h1-10,13H;1-11H/t13-,14?;/m0./s1. The van der Waals surface area contributed by atoms with E-state index >= 15 is 0 Å². The zero-order chi connectivity index (χ0) is 24.7. The van der Waals surface area contributed by atoms with Gasteiger partial charge in [-0.05, 0) is 34.3 Å². The first-order chi connectivity index (χ1) is 16.9. The second-order valence-electron chi connectivity index (χ2n) is 7.38. The molecule has 0 N–H and O–H groups in total. The lowest BCUT2D eigenvalue weighted by Gasteiger charge is -2.01. The maximum Gasteiger partial charge on any atom is 0.282 e. The number of hydrogen-bond acceptors (Lipinski definition) is 5. The molecule has 1 saturated heterocycles. The topological polar surface area (TPSA) is 96.2 Å². The van der Waals surface area contributed by atoms with E-state index in [0.717, 1.165) is 15.6 Å². The molecule has 35 heavy (non-hydrogen) atoms. The Labute approximate surface area is 205 Å². The molecule has 0 saturated carbocycles. The molecule has 0 radical (unpaired) electrons. The molecule has 0 spiro atoms. The molecule has 1 aliphatic heterocycles. The fourth-order valence-corrected chi connectivity index (χ4v) is 5.23. The van der Waals surface area contributed by atoms with Gasteiger partial charge in [0, 0.05) is 11.8 Å². The van der Waals surface area contributed by atoms with Crippen molar-refractivity contribution in [3.63, 3.8) is 0 Å². The Kier molecular flexibility index (Phi) is 7.52. The zero-order valence-electron chi connectivity index (χ0n) is 18.5. The molecule has 9 heteroatoms. The molecule has 0 aromatic heterocycles. The van der Waals surface area contributed by atoms with Crippen LogP contribution in [0.2, 0.25) is 0 Å². The van der Waals surface area contributed by atoms with Crippen molar-refractivity contribution >= 4 is 26.3 Å². The maximum atomic E-state index is 12.2. The highest BCUT2D eigenvalue weighted by Gasteiger charge is 2.48. The van der Waals surface area contributed by atoms with Crippen LogP contribution in [-0.4, -0.2) is 27.5 Å². The van der Waals surface area contributed by atoms with E-state index in [1.165, 1.54) is 18.3 Å². The Morgan fingerprint density at radius 2 is 1.09 bits per heavy atom. The van der Waals surface area contributed by atoms with Crippen LogP contribution in [0.5, 0.6) is 0 Å². The molecule has 0 amide bonds. The zero-order valence-corrected chi connectivity index (χ0v) is 20.1. The first-order valence-corrected chi connectivity index (χ1v) is 13.5. The van der Waals surface area contributed by atoms with E-state index < -0.39 is 26.3 Å². The summed E-state index contributed by atoms with van der Waals surface area (Å²) in [4.78, 5) is 5.61. The lowest BCUT2D eigenvalue weighted by Crippen LogP contribution is -2.12. The van der Waals surface area contributed by atoms with Gasteiger partial charge < -0.3 is 0 Å². The highest BCUT2D eigenvalue weighted by Crippen LogP contribution is 2.41. The van der Waals surface area contributed by atoms with Crippen LogP contribution >= 0.6 is 0 Å². The lowest BCUT2D eigenvalue weighted by atomic mass is 10.2. The van der Waals surface area contributed by atoms with Crippen LogP contribution in [0.15, 0.2) is 136 Å². The summed E-state index contributed by atoms with van der Waals surface area (Å²) in [6, 6.07) is 34.8. The Hall–Kier alpha value is -3.63. The Morgan fingerprint density at radius 3 is 1.63 bits per heavy atom. The second-order valence-corrected chi connectivity index (χ2v) is 10.8. The molecule has 1 unspecified atom stereocenters. The van der Waals surface area contributed by atoms with E-state index in [1.54, 1.807) is 60.7 Å². The van der Waals surface area contributed by atoms with E-state index in [0.29, 0.717) is 0 Å². The van der Waals surface area contributed by atoms with Crippen molar-refractivity contribution in [1.82, 2.24) is 4.47 Å². The molecule has 178 valence electrons. The first-order valence-electron chi connectivity index (χ1n) is 10.6. The van der Waals surface area contributed by atoms with Crippen LogP contribution < -0.4 is 0 Å². The monoisotopic (exact) mass is 506 g/mol. The number of hydrogen-bond donors (Lipinski definition) is 0. The molecule has 0 aliphatic carbocycles. The molecule has 1 heterocycles. The molecule has 5 rings (SSSR count). The summed E-state index contributed by atoms with van der Waals surface area (Å²) in [7, 11) is -7.14. The summed E-state index contributed by atoms with van der Waals surface area (Å²) >= 11 is 0. The number of hydroxylamine groups is 1. The van der Waals surface area contributed by atoms with E-state index in [4.69, 9.17) is 4.84 Å². The molecule has 4 aromatic carbocycles. The maximum absolute atomic E-state index is 12.2. The van der Waals surface area contributed by atoms with Gasteiger partial charge in [0.2, 0.25) is 0 Å². The van der Waals surface area contributed by atoms with E-state index in [1.807, 2.05) is 48.5 Å². The van der Waals surface area contributed by atoms with Crippen LogP contribution in [0.25, 0.3) is 0 Å². The summed E-state index contributed by atoms with van der Waals surface area (Å²) < 4.78 is 52.6. The average molecular weight is 507 g/mol. The average Bonchev–Trinajstić information content (AvgIpc) is 3.72. The van der Waals surface area contributed by atoms with Crippen molar-refractivity contribution in [2.45, 2.75) is 16.0 Å². The minimum Gasteiger partial charge on any atom is -0.253 e. The lowest BCUT2D eigenvalue weighted by molar-refractivity contribution is 0.283. The number of benzene rings is 4. The van der Waals surface area contributed by atoms with Crippen molar-refractivity contribution in [1.29, 1.82) is 0 Å². The highest BCUT2D eigenvalue weighted by atomic mass is 32.2. The van der Waals surface area contributed by atoms with Gasteiger partial charge in [0.05, 0.1) is 9.79 Å². The summed E-state index contributed by atoms with van der Waals surface area (Å²) in [5.41, 5.74) is 1.59. The largest absolute Gasteiger partial charge is 0.282 e. The highest BCUT2D eigenvalue weighted by molar-refractivity contribution is 7.90. The molecule has 2 atom stereocenters. The van der Waals surface area contributed by atoms with E-state index in [2.05, 4.69) is 4.40 Å². The minimum absolute atomic E-state index is 0.201. The molecular weight excluding hydrogens is 484 g/mol. The number of nitrogens with zero attached hydrogens (tertiary/aromatic N) is 2. The third-order valence-corrected chi connectivity index (χ3v) is 7.76. The Morgan fingerprint density at radius 1 is 0.629 bits per heavy atom. The number of sulfonamides is 2. The van der Waals surface area contributed by atoms with Gasteiger partial charge in [-0.3, -0.25) is 4.84 Å². The van der Waals surface area contributed by atoms with Crippen LogP contribution in [0, 0.1) is 0 Å². The van der Waals surface area contributed by atoms with Crippen LogP contribution in [-0.2, 0) is 24.9 Å². The van der Waals surface area contributed by atoms with Gasteiger partial charge in [-0.25, -0.2) is 8.42 Å². The van der Waals surface area contributed by atoms with Gasteiger partial charge in [-0.2, -0.15) is 12.8 Å². The summed E-state index contributed by atoms with van der Waals surface area (Å²) in [5, 5.41) is 0. The SMILES string of the molecule is O=S(=O)(N=Cc1ccccc1)c1ccccc1.O=S(=O)(c1ccccc1)N1O[C@H]1c1ccccc1. The first kappa shape index (κ1) is 24.5. The normalized spacial score (nSPS) is 17.4. The Balaban J connectivity index is 0.000000165. The molecule has 1 aliphatic rings. The van der Waals surface area contributed by atoms with Crippen LogP contribution in [0.4, 0.5) is 0 Å². The van der Waals surface area contributed by atoms with E-state index in [-0.39, 0.29) is 9.79 Å². The predicted octanol–water partition coefficient (Wildman–Crippen LogP) is 4.82. The quantitative estimate of drug-likeness (QED) is 0.276. The van der Waals surface area contributed by atoms with Gasteiger partial charge in [0.15, 0.2) is 6.23 Å². The predicted molar refractivity (Wildman–Crippen MR) is 133 cm³/mol.